The minimum atomic E-state index is -0.585. The van der Waals surface area contributed by atoms with Gasteiger partial charge >= 0.3 is 5.97 Å². The lowest BCUT2D eigenvalue weighted by Gasteiger charge is -2.45. The summed E-state index contributed by atoms with van der Waals surface area (Å²) in [6.07, 6.45) is 7.20. The van der Waals surface area contributed by atoms with Gasteiger partial charge in [0.05, 0.1) is 11.3 Å². The summed E-state index contributed by atoms with van der Waals surface area (Å²) in [5.74, 6) is 4.48. The van der Waals surface area contributed by atoms with E-state index in [9.17, 15) is 4.79 Å². The molecule has 3 heterocycles. The zero-order chi connectivity index (χ0) is 21.3. The van der Waals surface area contributed by atoms with Crippen LogP contribution >= 0.6 is 0 Å². The van der Waals surface area contributed by atoms with Crippen LogP contribution in [0, 0.1) is 5.41 Å². The monoisotopic (exact) mass is 419 g/mol. The number of hydrogen-bond donors (Lipinski definition) is 2. The molecule has 3 N–H and O–H groups in total. The van der Waals surface area contributed by atoms with Crippen LogP contribution in [-0.4, -0.2) is 46.8 Å². The van der Waals surface area contributed by atoms with Gasteiger partial charge < -0.3 is 10.2 Å². The Labute approximate surface area is 182 Å². The standard InChI is InChI=1S/C24H29N5O2/c25-31-23(30)21-5-1-4-19-15-29(27-22(19)21)20-8-6-18(7-9-20)14-28-13-3-11-24(17-28)10-2-12-26-16-24/h1,4-9,15,26H,2-3,10-14,16-17,25H2. The molecule has 0 bridgehead atoms. The summed E-state index contributed by atoms with van der Waals surface area (Å²) in [5, 5.41) is 9.07. The molecule has 3 aromatic rings. The third-order valence-corrected chi connectivity index (χ3v) is 6.77. The summed E-state index contributed by atoms with van der Waals surface area (Å²) >= 11 is 0. The molecule has 2 aliphatic heterocycles. The smallest absolute Gasteiger partial charge is 0.358 e. The number of rotatable bonds is 4. The normalized spacial score (nSPS) is 22.1. The number of fused-ring (bicyclic) bond motifs is 1. The first kappa shape index (κ1) is 20.2. The second kappa shape index (κ2) is 8.42. The highest BCUT2D eigenvalue weighted by Gasteiger charge is 2.36. The number of carbonyl (C=O) groups is 1. The molecule has 0 aliphatic carbocycles. The van der Waals surface area contributed by atoms with E-state index in [0.29, 0.717) is 16.5 Å². The second-order valence-corrected chi connectivity index (χ2v) is 8.98. The number of likely N-dealkylation sites (tertiary alicyclic amines) is 1. The first-order valence-electron chi connectivity index (χ1n) is 11.1. The van der Waals surface area contributed by atoms with Crippen molar-refractivity contribution in [1.82, 2.24) is 20.0 Å². The lowest BCUT2D eigenvalue weighted by Crippen LogP contribution is -2.50. The summed E-state index contributed by atoms with van der Waals surface area (Å²) in [4.78, 5) is 18.9. The van der Waals surface area contributed by atoms with Gasteiger partial charge in [-0.2, -0.15) is 11.0 Å². The van der Waals surface area contributed by atoms with E-state index in [2.05, 4.69) is 44.4 Å². The molecule has 7 nitrogen and oxygen atoms in total. The lowest BCUT2D eigenvalue weighted by atomic mass is 9.74. The molecule has 31 heavy (non-hydrogen) atoms. The van der Waals surface area contributed by atoms with Crippen LogP contribution in [0.4, 0.5) is 0 Å². The molecule has 2 saturated heterocycles. The second-order valence-electron chi connectivity index (χ2n) is 8.98. The number of nitrogens with one attached hydrogen (secondary N) is 1. The Kier molecular flexibility index (Phi) is 5.48. The van der Waals surface area contributed by atoms with E-state index in [4.69, 9.17) is 5.90 Å². The fourth-order valence-corrected chi connectivity index (χ4v) is 5.24. The molecule has 162 valence electrons. The SMILES string of the molecule is NOC(=O)c1cccc2cn(-c3ccc(CN4CCCC5(CCCNC5)C4)cc3)nc12. The highest BCUT2D eigenvalue weighted by molar-refractivity contribution is 6.02. The van der Waals surface area contributed by atoms with Crippen LogP contribution in [0.5, 0.6) is 0 Å². The molecular formula is C24H29N5O2. The zero-order valence-corrected chi connectivity index (χ0v) is 17.7. The van der Waals surface area contributed by atoms with Crippen molar-refractivity contribution in [2.75, 3.05) is 26.2 Å². The van der Waals surface area contributed by atoms with E-state index < -0.39 is 5.97 Å². The van der Waals surface area contributed by atoms with E-state index in [1.807, 2.05) is 12.3 Å². The average molecular weight is 420 g/mol. The van der Waals surface area contributed by atoms with Crippen LogP contribution in [-0.2, 0) is 11.4 Å². The van der Waals surface area contributed by atoms with Crippen molar-refractivity contribution in [2.24, 2.45) is 11.3 Å². The highest BCUT2D eigenvalue weighted by Crippen LogP contribution is 2.36. The van der Waals surface area contributed by atoms with Crippen LogP contribution < -0.4 is 11.2 Å². The van der Waals surface area contributed by atoms with Gasteiger partial charge in [0, 0.05) is 31.2 Å². The number of nitrogens with zero attached hydrogens (tertiary/aromatic N) is 3. The molecule has 2 aromatic carbocycles. The number of carbonyl (C=O) groups excluding carboxylic acids is 1. The van der Waals surface area contributed by atoms with E-state index in [1.54, 1.807) is 16.8 Å². The minimum Gasteiger partial charge on any atom is -0.370 e. The maximum Gasteiger partial charge on any atom is 0.358 e. The zero-order valence-electron chi connectivity index (χ0n) is 17.7. The van der Waals surface area contributed by atoms with E-state index in [1.165, 1.54) is 50.9 Å². The van der Waals surface area contributed by atoms with Gasteiger partial charge in [0.2, 0.25) is 0 Å². The predicted octanol–water partition coefficient (Wildman–Crippen LogP) is 3.02. The predicted molar refractivity (Wildman–Crippen MR) is 120 cm³/mol. The Morgan fingerprint density at radius 3 is 2.77 bits per heavy atom. The summed E-state index contributed by atoms with van der Waals surface area (Å²) in [6.45, 7) is 5.67. The van der Waals surface area contributed by atoms with Crippen LogP contribution in [0.1, 0.15) is 41.6 Å². The Balaban J connectivity index is 1.32. The van der Waals surface area contributed by atoms with Gasteiger partial charge in [-0.15, -0.1) is 0 Å². The molecule has 1 aromatic heterocycles. The van der Waals surface area contributed by atoms with E-state index >= 15 is 0 Å². The molecule has 2 fully saturated rings. The molecule has 2 aliphatic rings. The molecule has 5 rings (SSSR count). The Morgan fingerprint density at radius 1 is 1.16 bits per heavy atom. The third kappa shape index (κ3) is 4.08. The minimum absolute atomic E-state index is 0.367. The van der Waals surface area contributed by atoms with Crippen molar-refractivity contribution >= 4 is 16.9 Å². The molecular weight excluding hydrogens is 390 g/mol. The quantitative estimate of drug-likeness (QED) is 0.633. The van der Waals surface area contributed by atoms with Crippen LogP contribution in [0.3, 0.4) is 0 Å². The van der Waals surface area contributed by atoms with Crippen molar-refractivity contribution in [3.05, 3.63) is 59.8 Å². The Bertz CT molecular complexity index is 1060. The fourth-order valence-electron chi connectivity index (χ4n) is 5.24. The molecule has 1 spiro atoms. The molecule has 1 atom stereocenters. The average Bonchev–Trinajstić information content (AvgIpc) is 3.24. The summed E-state index contributed by atoms with van der Waals surface area (Å²) < 4.78 is 1.80. The van der Waals surface area contributed by atoms with Crippen LogP contribution in [0.15, 0.2) is 48.7 Å². The summed E-state index contributed by atoms with van der Waals surface area (Å²) in [5.41, 5.74) is 3.69. The molecule has 7 heteroatoms. The largest absolute Gasteiger partial charge is 0.370 e. The van der Waals surface area contributed by atoms with Gasteiger partial charge in [0.1, 0.15) is 5.52 Å². The summed E-state index contributed by atoms with van der Waals surface area (Å²) in [7, 11) is 0. The fraction of sp³-hybridized carbons (Fsp3) is 0.417. The van der Waals surface area contributed by atoms with Gasteiger partial charge in [0.15, 0.2) is 0 Å². The van der Waals surface area contributed by atoms with Gasteiger partial charge in [-0.3, -0.25) is 4.90 Å². The van der Waals surface area contributed by atoms with Crippen LogP contribution in [0.25, 0.3) is 16.6 Å². The van der Waals surface area contributed by atoms with Gasteiger partial charge in [0.25, 0.3) is 0 Å². The van der Waals surface area contributed by atoms with Crippen molar-refractivity contribution in [3.8, 4) is 5.69 Å². The number of piperidine rings is 2. The maximum absolute atomic E-state index is 11.9. The Hall–Kier alpha value is -2.74. The molecule has 1 unspecified atom stereocenters. The summed E-state index contributed by atoms with van der Waals surface area (Å²) in [6, 6.07) is 13.9. The number of aromatic nitrogens is 2. The first-order valence-corrected chi connectivity index (χ1v) is 11.1. The first-order chi connectivity index (χ1) is 15.2. The Morgan fingerprint density at radius 2 is 2.00 bits per heavy atom. The maximum atomic E-state index is 11.9. The highest BCUT2D eigenvalue weighted by atomic mass is 16.7. The van der Waals surface area contributed by atoms with E-state index in [0.717, 1.165) is 24.2 Å². The lowest BCUT2D eigenvalue weighted by molar-refractivity contribution is 0.0505. The van der Waals surface area contributed by atoms with Crippen molar-refractivity contribution in [1.29, 1.82) is 0 Å². The topological polar surface area (TPSA) is 85.4 Å². The number of hydrogen-bond acceptors (Lipinski definition) is 6. The van der Waals surface area contributed by atoms with Gasteiger partial charge in [-0.1, -0.05) is 24.3 Å². The van der Waals surface area contributed by atoms with Crippen molar-refractivity contribution in [3.63, 3.8) is 0 Å². The number of nitrogens with two attached hydrogens (primary N) is 1. The third-order valence-electron chi connectivity index (χ3n) is 6.77. The van der Waals surface area contributed by atoms with Crippen molar-refractivity contribution < 1.29 is 9.63 Å². The molecule has 0 saturated carbocycles. The van der Waals surface area contributed by atoms with Gasteiger partial charge in [-0.05, 0) is 68.0 Å². The number of benzene rings is 2. The van der Waals surface area contributed by atoms with E-state index in [-0.39, 0.29) is 0 Å². The van der Waals surface area contributed by atoms with Crippen molar-refractivity contribution in [2.45, 2.75) is 32.2 Å². The molecule has 0 amide bonds. The molecule has 0 radical (unpaired) electrons. The van der Waals surface area contributed by atoms with Crippen LogP contribution in [0.2, 0.25) is 0 Å². The van der Waals surface area contributed by atoms with Gasteiger partial charge in [-0.25, -0.2) is 9.48 Å².